The Balaban J connectivity index is 1.83. The molecule has 0 aromatic heterocycles. The van der Waals surface area contributed by atoms with Crippen LogP contribution >= 0.6 is 0 Å². The molecular formula is C21H33N3. The lowest BCUT2D eigenvalue weighted by molar-refractivity contribution is 0.278. The normalized spacial score (nSPS) is 14.3. The average Bonchev–Trinajstić information content (AvgIpc) is 2.61. The van der Waals surface area contributed by atoms with Crippen LogP contribution in [-0.2, 0) is 0 Å². The first-order valence-corrected chi connectivity index (χ1v) is 9.19. The van der Waals surface area contributed by atoms with E-state index >= 15 is 0 Å². The predicted octanol–water partition coefficient (Wildman–Crippen LogP) is 4.00. The van der Waals surface area contributed by atoms with Crippen LogP contribution in [-0.4, -0.2) is 57.1 Å². The van der Waals surface area contributed by atoms with Crippen LogP contribution in [0.3, 0.4) is 0 Å². The highest BCUT2D eigenvalue weighted by atomic mass is 15.2. The summed E-state index contributed by atoms with van der Waals surface area (Å²) >= 11 is 0. The van der Waals surface area contributed by atoms with E-state index in [2.05, 4.69) is 84.4 Å². The van der Waals surface area contributed by atoms with Crippen molar-refractivity contribution in [1.82, 2.24) is 9.80 Å². The number of hydrogen-bond acceptors (Lipinski definition) is 3. The molecule has 2 rings (SSSR count). The molecule has 132 valence electrons. The molecular weight excluding hydrogens is 294 g/mol. The number of para-hydroxylation sites is 1. The minimum absolute atomic E-state index is 1.09. The molecule has 0 unspecified atom stereocenters. The van der Waals surface area contributed by atoms with Gasteiger partial charge in [-0.3, -0.25) is 0 Å². The molecule has 0 aliphatic heterocycles. The van der Waals surface area contributed by atoms with Crippen LogP contribution in [0.5, 0.6) is 0 Å². The topological polar surface area (TPSA) is 9.72 Å². The zero-order valence-corrected chi connectivity index (χ0v) is 15.6. The maximum absolute atomic E-state index is 2.47. The smallest absolute Gasteiger partial charge is 0.0410 e. The van der Waals surface area contributed by atoms with Gasteiger partial charge in [0.2, 0.25) is 0 Å². The van der Waals surface area contributed by atoms with Crippen LogP contribution in [0, 0.1) is 0 Å². The zero-order chi connectivity index (χ0) is 17.2. The van der Waals surface area contributed by atoms with E-state index in [0.29, 0.717) is 0 Å². The van der Waals surface area contributed by atoms with E-state index in [0.717, 1.165) is 26.1 Å². The summed E-state index contributed by atoms with van der Waals surface area (Å²) in [7, 11) is 6.50. The summed E-state index contributed by atoms with van der Waals surface area (Å²) in [5.41, 5.74) is 2.66. The maximum atomic E-state index is 2.47. The summed E-state index contributed by atoms with van der Waals surface area (Å²) in [6, 6.07) is 10.8. The Morgan fingerprint density at radius 1 is 0.833 bits per heavy atom. The minimum Gasteiger partial charge on any atom is -0.342 e. The van der Waals surface area contributed by atoms with Crippen molar-refractivity contribution in [1.29, 1.82) is 0 Å². The molecule has 3 nitrogen and oxygen atoms in total. The van der Waals surface area contributed by atoms with Crippen LogP contribution in [0.25, 0.3) is 0 Å². The monoisotopic (exact) mass is 327 g/mol. The fourth-order valence-electron chi connectivity index (χ4n) is 2.95. The first-order valence-electron chi connectivity index (χ1n) is 9.19. The van der Waals surface area contributed by atoms with E-state index in [9.17, 15) is 0 Å². The minimum atomic E-state index is 1.09. The van der Waals surface area contributed by atoms with E-state index in [1.165, 1.54) is 37.2 Å². The average molecular weight is 328 g/mol. The number of allylic oxidation sites excluding steroid dienone is 3. The molecule has 24 heavy (non-hydrogen) atoms. The summed E-state index contributed by atoms with van der Waals surface area (Å²) < 4.78 is 0. The summed E-state index contributed by atoms with van der Waals surface area (Å²) in [5, 5.41) is 0. The van der Waals surface area contributed by atoms with Crippen molar-refractivity contribution < 1.29 is 0 Å². The van der Waals surface area contributed by atoms with Gasteiger partial charge in [0.05, 0.1) is 0 Å². The zero-order valence-electron chi connectivity index (χ0n) is 15.6. The van der Waals surface area contributed by atoms with Crippen molar-refractivity contribution in [2.24, 2.45) is 0 Å². The Morgan fingerprint density at radius 2 is 1.58 bits per heavy atom. The summed E-state index contributed by atoms with van der Waals surface area (Å²) in [4.78, 5) is 7.15. The quantitative estimate of drug-likeness (QED) is 0.601. The van der Waals surface area contributed by atoms with E-state index < -0.39 is 0 Å². The first-order chi connectivity index (χ1) is 11.7. The standard InChI is InChI=1S/C21H33N3/c1-22(2)18-19-23(3)16-10-11-17-24(20-12-6-4-7-13-20)21-14-8-5-9-15-21/h4,6-8,12-15H,5,9-11,16-19H2,1-3H3. The Kier molecular flexibility index (Phi) is 8.06. The first kappa shape index (κ1) is 18.8. The highest BCUT2D eigenvalue weighted by molar-refractivity contribution is 5.54. The lowest BCUT2D eigenvalue weighted by Gasteiger charge is -2.28. The lowest BCUT2D eigenvalue weighted by atomic mass is 10.1. The van der Waals surface area contributed by atoms with Gasteiger partial charge in [0.1, 0.15) is 0 Å². The molecule has 1 aliphatic rings. The number of benzene rings is 1. The molecule has 0 bridgehead atoms. The fraction of sp³-hybridized carbons (Fsp3) is 0.524. The van der Waals surface area contributed by atoms with Gasteiger partial charge in [-0.25, -0.2) is 0 Å². The van der Waals surface area contributed by atoms with Crippen molar-refractivity contribution in [3.05, 3.63) is 54.3 Å². The Hall–Kier alpha value is -1.58. The summed E-state index contributed by atoms with van der Waals surface area (Å²) in [5.74, 6) is 0. The molecule has 0 spiro atoms. The lowest BCUT2D eigenvalue weighted by Crippen LogP contribution is -2.30. The summed E-state index contributed by atoms with van der Waals surface area (Å²) in [6.45, 7) is 4.53. The number of rotatable bonds is 10. The van der Waals surface area contributed by atoms with Crippen LogP contribution < -0.4 is 4.90 Å². The van der Waals surface area contributed by atoms with E-state index in [-0.39, 0.29) is 0 Å². The summed E-state index contributed by atoms with van der Waals surface area (Å²) in [6.07, 6.45) is 11.7. The van der Waals surface area contributed by atoms with E-state index in [4.69, 9.17) is 0 Å². The molecule has 0 saturated heterocycles. The highest BCUT2D eigenvalue weighted by Gasteiger charge is 2.11. The second-order valence-electron chi connectivity index (χ2n) is 6.91. The maximum Gasteiger partial charge on any atom is 0.0410 e. The Morgan fingerprint density at radius 3 is 2.25 bits per heavy atom. The molecule has 0 heterocycles. The van der Waals surface area contributed by atoms with Gasteiger partial charge in [0, 0.05) is 31.0 Å². The molecule has 3 heteroatoms. The number of hydrogen-bond donors (Lipinski definition) is 0. The van der Waals surface area contributed by atoms with Gasteiger partial charge in [0.15, 0.2) is 0 Å². The fourth-order valence-corrected chi connectivity index (χ4v) is 2.95. The molecule has 1 aromatic rings. The molecule has 0 atom stereocenters. The van der Waals surface area contributed by atoms with Crippen LogP contribution in [0.4, 0.5) is 5.69 Å². The van der Waals surface area contributed by atoms with Gasteiger partial charge < -0.3 is 14.7 Å². The second kappa shape index (κ2) is 10.3. The van der Waals surface area contributed by atoms with Crippen molar-refractivity contribution in [2.45, 2.75) is 25.7 Å². The third-order valence-corrected chi connectivity index (χ3v) is 4.46. The molecule has 1 aliphatic carbocycles. The van der Waals surface area contributed by atoms with Crippen molar-refractivity contribution in [3.63, 3.8) is 0 Å². The van der Waals surface area contributed by atoms with Crippen LogP contribution in [0.15, 0.2) is 54.3 Å². The van der Waals surface area contributed by atoms with Gasteiger partial charge in [-0.05, 0) is 71.6 Å². The molecule has 0 saturated carbocycles. The number of nitrogens with zero attached hydrogens (tertiary/aromatic N) is 3. The van der Waals surface area contributed by atoms with Gasteiger partial charge in [-0.15, -0.1) is 0 Å². The van der Waals surface area contributed by atoms with E-state index in [1.54, 1.807) is 0 Å². The third kappa shape index (κ3) is 6.50. The Bertz CT molecular complexity index is 519. The molecule has 0 N–H and O–H groups in total. The molecule has 0 radical (unpaired) electrons. The van der Waals surface area contributed by atoms with Gasteiger partial charge in [-0.1, -0.05) is 30.4 Å². The molecule has 1 aromatic carbocycles. The third-order valence-electron chi connectivity index (χ3n) is 4.46. The highest BCUT2D eigenvalue weighted by Crippen LogP contribution is 2.23. The van der Waals surface area contributed by atoms with Gasteiger partial charge in [0.25, 0.3) is 0 Å². The van der Waals surface area contributed by atoms with Crippen molar-refractivity contribution in [3.8, 4) is 0 Å². The van der Waals surface area contributed by atoms with Crippen molar-refractivity contribution >= 4 is 5.69 Å². The van der Waals surface area contributed by atoms with Gasteiger partial charge in [-0.2, -0.15) is 0 Å². The molecule has 0 amide bonds. The SMILES string of the molecule is CN(C)CCN(C)CCCCN(C1=CCCC=C1)c1ccccc1. The van der Waals surface area contributed by atoms with Crippen molar-refractivity contribution in [2.75, 3.05) is 52.2 Å². The number of anilines is 1. The van der Waals surface area contributed by atoms with E-state index in [1.807, 2.05) is 0 Å². The predicted molar refractivity (Wildman–Crippen MR) is 106 cm³/mol. The number of unbranched alkanes of at least 4 members (excludes halogenated alkanes) is 1. The van der Waals surface area contributed by atoms with Crippen LogP contribution in [0.1, 0.15) is 25.7 Å². The van der Waals surface area contributed by atoms with Crippen LogP contribution in [0.2, 0.25) is 0 Å². The largest absolute Gasteiger partial charge is 0.342 e. The Labute approximate surface area is 148 Å². The van der Waals surface area contributed by atoms with Gasteiger partial charge >= 0.3 is 0 Å². The molecule has 0 fully saturated rings. The number of likely N-dealkylation sites (N-methyl/N-ethyl adjacent to an activating group) is 2. The second-order valence-corrected chi connectivity index (χ2v) is 6.91.